The quantitative estimate of drug-likeness (QED) is 0.810. The molecule has 0 amide bonds. The molecule has 0 spiro atoms. The van der Waals surface area contributed by atoms with E-state index in [0.29, 0.717) is 18.8 Å². The summed E-state index contributed by atoms with van der Waals surface area (Å²) in [7, 11) is 0. The van der Waals surface area contributed by atoms with Crippen LogP contribution in [0.5, 0.6) is 0 Å². The van der Waals surface area contributed by atoms with E-state index >= 15 is 0 Å². The van der Waals surface area contributed by atoms with Gasteiger partial charge in [-0.25, -0.2) is 9.37 Å². The Morgan fingerprint density at radius 1 is 1.37 bits per heavy atom. The molecule has 0 aliphatic heterocycles. The van der Waals surface area contributed by atoms with Crippen molar-refractivity contribution in [1.82, 2.24) is 9.55 Å². The smallest absolute Gasteiger partial charge is 0.255 e. The predicted molar refractivity (Wildman–Crippen MR) is 73.1 cm³/mol. The highest BCUT2D eigenvalue weighted by Crippen LogP contribution is 2.13. The molecule has 1 heterocycles. The molecule has 0 bridgehead atoms. The topological polar surface area (TPSA) is 34.9 Å². The third-order valence-corrected chi connectivity index (χ3v) is 3.21. The van der Waals surface area contributed by atoms with Crippen LogP contribution < -0.4 is 5.56 Å². The van der Waals surface area contributed by atoms with Crippen molar-refractivity contribution in [3.8, 4) is 0 Å². The first-order chi connectivity index (χ1) is 9.01. The third-order valence-electron chi connectivity index (χ3n) is 3.01. The van der Waals surface area contributed by atoms with Gasteiger partial charge >= 0.3 is 0 Å². The van der Waals surface area contributed by atoms with E-state index < -0.39 is 0 Å². The van der Waals surface area contributed by atoms with Crippen LogP contribution in [0.1, 0.15) is 23.9 Å². The molecule has 0 aliphatic carbocycles. The maximum Gasteiger partial charge on any atom is 0.255 e. The van der Waals surface area contributed by atoms with E-state index in [1.807, 2.05) is 13.8 Å². The lowest BCUT2D eigenvalue weighted by molar-refractivity contribution is 0.617. The van der Waals surface area contributed by atoms with Gasteiger partial charge in [0.1, 0.15) is 16.8 Å². The Hall–Kier alpha value is -1.68. The number of halogens is 2. The zero-order chi connectivity index (χ0) is 14.0. The van der Waals surface area contributed by atoms with Gasteiger partial charge in [-0.15, -0.1) is 0 Å². The van der Waals surface area contributed by atoms with E-state index in [0.717, 1.165) is 11.1 Å². The molecule has 2 aromatic rings. The summed E-state index contributed by atoms with van der Waals surface area (Å²) < 4.78 is 14.8. The predicted octanol–water partition coefficient (Wildman–Crippen LogP) is 2.95. The summed E-state index contributed by atoms with van der Waals surface area (Å²) in [4.78, 5) is 16.1. The summed E-state index contributed by atoms with van der Waals surface area (Å²) in [6.07, 6.45) is 0.587. The molecule has 0 saturated heterocycles. The average Bonchev–Trinajstić information content (AvgIpc) is 2.36. The number of benzene rings is 1. The lowest BCUT2D eigenvalue weighted by Gasteiger charge is -2.12. The van der Waals surface area contributed by atoms with Crippen LogP contribution in [0.2, 0.25) is 5.15 Å². The number of aromatic nitrogens is 2. The zero-order valence-corrected chi connectivity index (χ0v) is 11.5. The lowest BCUT2D eigenvalue weighted by atomic mass is 10.1. The summed E-state index contributed by atoms with van der Waals surface area (Å²) in [6, 6.07) is 5.82. The first-order valence-electron chi connectivity index (χ1n) is 6.02. The van der Waals surface area contributed by atoms with Crippen LogP contribution in [0.25, 0.3) is 0 Å². The van der Waals surface area contributed by atoms with Crippen LogP contribution in [0.3, 0.4) is 0 Å². The Bertz CT molecular complexity index is 667. The zero-order valence-electron chi connectivity index (χ0n) is 10.8. The Kier molecular flexibility index (Phi) is 4.00. The van der Waals surface area contributed by atoms with Gasteiger partial charge in [0.25, 0.3) is 5.56 Å². The molecule has 2 rings (SSSR count). The second-order valence-electron chi connectivity index (χ2n) is 4.34. The van der Waals surface area contributed by atoms with Gasteiger partial charge in [-0.2, -0.15) is 0 Å². The second kappa shape index (κ2) is 5.53. The summed E-state index contributed by atoms with van der Waals surface area (Å²) >= 11 is 5.78. The van der Waals surface area contributed by atoms with E-state index in [-0.39, 0.29) is 16.5 Å². The third kappa shape index (κ3) is 3.01. The van der Waals surface area contributed by atoms with Crippen LogP contribution in [0, 0.1) is 12.7 Å². The Morgan fingerprint density at radius 3 is 2.79 bits per heavy atom. The fraction of sp³-hybridized carbons (Fsp3) is 0.286. The van der Waals surface area contributed by atoms with Gasteiger partial charge < -0.3 is 0 Å². The lowest BCUT2D eigenvalue weighted by Crippen LogP contribution is -2.25. The summed E-state index contributed by atoms with van der Waals surface area (Å²) in [5.74, 6) is 0.287. The molecule has 100 valence electrons. The molecule has 0 radical (unpaired) electrons. The van der Waals surface area contributed by atoms with Crippen molar-refractivity contribution < 1.29 is 4.39 Å². The summed E-state index contributed by atoms with van der Waals surface area (Å²) in [5.41, 5.74) is 1.48. The summed E-state index contributed by atoms with van der Waals surface area (Å²) in [6.45, 7) is 4.08. The molecule has 5 heteroatoms. The molecule has 3 nitrogen and oxygen atoms in total. The van der Waals surface area contributed by atoms with Crippen molar-refractivity contribution in [2.24, 2.45) is 0 Å². The highest BCUT2D eigenvalue weighted by Gasteiger charge is 2.09. The van der Waals surface area contributed by atoms with E-state index in [2.05, 4.69) is 4.98 Å². The minimum Gasteiger partial charge on any atom is -0.292 e. The Balaban J connectivity index is 2.49. The van der Waals surface area contributed by atoms with Crippen LogP contribution in [0.15, 0.2) is 29.1 Å². The molecule has 1 aromatic carbocycles. The first kappa shape index (κ1) is 13.7. The minimum atomic E-state index is -0.311. The largest absolute Gasteiger partial charge is 0.292 e. The highest BCUT2D eigenvalue weighted by atomic mass is 35.5. The van der Waals surface area contributed by atoms with Crippen molar-refractivity contribution in [1.29, 1.82) is 0 Å². The summed E-state index contributed by atoms with van der Waals surface area (Å²) in [5, 5.41) is 0.189. The van der Waals surface area contributed by atoms with Crippen LogP contribution in [-0.4, -0.2) is 9.55 Å². The van der Waals surface area contributed by atoms with Crippen molar-refractivity contribution >= 4 is 11.6 Å². The molecule has 0 aliphatic rings. The molecule has 0 N–H and O–H groups in total. The van der Waals surface area contributed by atoms with Crippen molar-refractivity contribution in [2.75, 3.05) is 0 Å². The minimum absolute atomic E-state index is 0.189. The van der Waals surface area contributed by atoms with Gasteiger partial charge in [-0.05, 0) is 30.2 Å². The standard InChI is InChI=1S/C14H14ClFN2O/c1-3-13-17-12(15)7-14(19)18(13)8-10-6-11(16)5-4-9(10)2/h4-7H,3,8H2,1-2H3. The van der Waals surface area contributed by atoms with Gasteiger partial charge in [-0.1, -0.05) is 24.6 Å². The number of rotatable bonds is 3. The molecule has 0 fully saturated rings. The van der Waals surface area contributed by atoms with Crippen LogP contribution >= 0.6 is 11.6 Å². The van der Waals surface area contributed by atoms with Crippen LogP contribution in [-0.2, 0) is 13.0 Å². The monoisotopic (exact) mass is 280 g/mol. The first-order valence-corrected chi connectivity index (χ1v) is 6.40. The Morgan fingerprint density at radius 2 is 2.11 bits per heavy atom. The molecule has 0 saturated carbocycles. The molecule has 1 aromatic heterocycles. The number of nitrogens with zero attached hydrogens (tertiary/aromatic N) is 2. The van der Waals surface area contributed by atoms with E-state index in [1.54, 1.807) is 6.07 Å². The van der Waals surface area contributed by atoms with E-state index in [4.69, 9.17) is 11.6 Å². The molecular weight excluding hydrogens is 267 g/mol. The number of hydrogen-bond acceptors (Lipinski definition) is 2. The Labute approximate surface area is 115 Å². The van der Waals surface area contributed by atoms with E-state index in [1.165, 1.54) is 22.8 Å². The van der Waals surface area contributed by atoms with Gasteiger partial charge in [0.2, 0.25) is 0 Å². The second-order valence-corrected chi connectivity index (χ2v) is 4.73. The average molecular weight is 281 g/mol. The maximum absolute atomic E-state index is 13.3. The van der Waals surface area contributed by atoms with Gasteiger partial charge in [0.15, 0.2) is 0 Å². The highest BCUT2D eigenvalue weighted by molar-refractivity contribution is 6.29. The van der Waals surface area contributed by atoms with Gasteiger partial charge in [0, 0.05) is 12.5 Å². The number of hydrogen-bond donors (Lipinski definition) is 0. The van der Waals surface area contributed by atoms with Gasteiger partial charge in [-0.3, -0.25) is 9.36 Å². The van der Waals surface area contributed by atoms with Crippen molar-refractivity contribution in [2.45, 2.75) is 26.8 Å². The van der Waals surface area contributed by atoms with Crippen LogP contribution in [0.4, 0.5) is 4.39 Å². The molecule has 19 heavy (non-hydrogen) atoms. The van der Waals surface area contributed by atoms with Gasteiger partial charge in [0.05, 0.1) is 6.54 Å². The fourth-order valence-corrected chi connectivity index (χ4v) is 2.13. The fourth-order valence-electron chi connectivity index (χ4n) is 1.94. The van der Waals surface area contributed by atoms with Crippen molar-refractivity contribution in [3.05, 3.63) is 62.5 Å². The number of aryl methyl sites for hydroxylation is 2. The molecule has 0 unspecified atom stereocenters. The maximum atomic E-state index is 13.3. The molecule has 0 atom stereocenters. The molecular formula is C14H14ClFN2O. The normalized spacial score (nSPS) is 10.7. The van der Waals surface area contributed by atoms with E-state index in [9.17, 15) is 9.18 Å². The SMILES string of the molecule is CCc1nc(Cl)cc(=O)n1Cc1cc(F)ccc1C. The van der Waals surface area contributed by atoms with Crippen molar-refractivity contribution in [3.63, 3.8) is 0 Å².